The second kappa shape index (κ2) is 8.38. The predicted octanol–water partition coefficient (Wildman–Crippen LogP) is 4.00. The molecule has 0 saturated heterocycles. The van der Waals surface area contributed by atoms with Crippen molar-refractivity contribution in [3.63, 3.8) is 0 Å². The van der Waals surface area contributed by atoms with Gasteiger partial charge >= 0.3 is 12.1 Å². The molecule has 2 aromatic carbocycles. The first-order chi connectivity index (χ1) is 12.2. The molecule has 0 radical (unpaired) electrons. The number of aliphatic carboxylic acids is 1. The zero-order chi connectivity index (χ0) is 19.2. The van der Waals surface area contributed by atoms with Crippen molar-refractivity contribution in [1.82, 2.24) is 5.32 Å². The predicted molar refractivity (Wildman–Crippen MR) is 97.5 cm³/mol. The maximum Gasteiger partial charge on any atom is 0.408 e. The average molecular weight is 357 g/mol. The molecule has 0 spiro atoms. The topological polar surface area (TPSA) is 84.9 Å². The highest BCUT2D eigenvalue weighted by molar-refractivity contribution is 5.80. The molecule has 1 amide bonds. The Morgan fingerprint density at radius 1 is 1.04 bits per heavy atom. The van der Waals surface area contributed by atoms with Gasteiger partial charge in [0.1, 0.15) is 23.1 Å². The van der Waals surface area contributed by atoms with Gasteiger partial charge in [0.15, 0.2) is 0 Å². The maximum absolute atomic E-state index is 11.9. The lowest BCUT2D eigenvalue weighted by atomic mass is 10.1. The minimum absolute atomic E-state index is 0.112. The summed E-state index contributed by atoms with van der Waals surface area (Å²) in [7, 11) is 0. The second-order valence-electron chi connectivity index (χ2n) is 6.80. The summed E-state index contributed by atoms with van der Waals surface area (Å²) in [5.41, 5.74) is 0.0261. The Bertz CT molecular complexity index is 752. The van der Waals surface area contributed by atoms with Crippen LogP contribution in [0.25, 0.3) is 0 Å². The number of hydrogen-bond acceptors (Lipinski definition) is 4. The summed E-state index contributed by atoms with van der Waals surface area (Å²) >= 11 is 0. The first-order valence-electron chi connectivity index (χ1n) is 8.27. The van der Waals surface area contributed by atoms with Crippen LogP contribution in [0.1, 0.15) is 26.3 Å². The van der Waals surface area contributed by atoms with Crippen molar-refractivity contribution < 1.29 is 24.2 Å². The van der Waals surface area contributed by atoms with E-state index < -0.39 is 23.7 Å². The number of benzene rings is 2. The van der Waals surface area contributed by atoms with Crippen molar-refractivity contribution >= 4 is 12.1 Å². The monoisotopic (exact) mass is 357 g/mol. The number of nitrogens with one attached hydrogen (secondary N) is 1. The lowest BCUT2D eigenvalue weighted by molar-refractivity contribution is -0.139. The fraction of sp³-hybridized carbons (Fsp3) is 0.300. The van der Waals surface area contributed by atoms with Crippen LogP contribution in [0.15, 0.2) is 54.6 Å². The van der Waals surface area contributed by atoms with E-state index in [0.29, 0.717) is 11.5 Å². The number of alkyl carbamates (subject to hydrolysis) is 1. The van der Waals surface area contributed by atoms with Gasteiger partial charge in [0.2, 0.25) is 0 Å². The van der Waals surface area contributed by atoms with Gasteiger partial charge in [-0.15, -0.1) is 0 Å². The third kappa shape index (κ3) is 6.47. The molecule has 2 aromatic rings. The number of hydrogen-bond donors (Lipinski definition) is 2. The third-order valence-corrected chi connectivity index (χ3v) is 3.31. The van der Waals surface area contributed by atoms with Crippen molar-refractivity contribution in [3.8, 4) is 11.5 Å². The minimum atomic E-state index is -1.13. The Hall–Kier alpha value is -3.02. The van der Waals surface area contributed by atoms with Gasteiger partial charge in [-0.05, 0) is 50.6 Å². The van der Waals surface area contributed by atoms with Gasteiger partial charge in [-0.1, -0.05) is 30.3 Å². The molecule has 0 aliphatic heterocycles. The van der Waals surface area contributed by atoms with E-state index in [-0.39, 0.29) is 6.42 Å². The van der Waals surface area contributed by atoms with Crippen LogP contribution in [-0.4, -0.2) is 28.8 Å². The minimum Gasteiger partial charge on any atom is -0.480 e. The fourth-order valence-electron chi connectivity index (χ4n) is 2.25. The molecule has 6 nitrogen and oxygen atoms in total. The van der Waals surface area contributed by atoms with Crippen LogP contribution < -0.4 is 10.1 Å². The van der Waals surface area contributed by atoms with Gasteiger partial charge in [0.25, 0.3) is 0 Å². The summed E-state index contributed by atoms with van der Waals surface area (Å²) in [4.78, 5) is 23.3. The summed E-state index contributed by atoms with van der Waals surface area (Å²) in [5, 5.41) is 11.8. The normalized spacial score (nSPS) is 12.1. The fourth-order valence-corrected chi connectivity index (χ4v) is 2.25. The highest BCUT2D eigenvalue weighted by atomic mass is 16.6. The molecule has 1 unspecified atom stereocenters. The van der Waals surface area contributed by atoms with Crippen LogP contribution >= 0.6 is 0 Å². The van der Waals surface area contributed by atoms with Crippen molar-refractivity contribution in [2.75, 3.05) is 0 Å². The van der Waals surface area contributed by atoms with Crippen molar-refractivity contribution in [1.29, 1.82) is 0 Å². The Morgan fingerprint density at radius 2 is 1.69 bits per heavy atom. The van der Waals surface area contributed by atoms with Gasteiger partial charge in [0.05, 0.1) is 0 Å². The van der Waals surface area contributed by atoms with Crippen LogP contribution in [0.4, 0.5) is 4.79 Å². The van der Waals surface area contributed by atoms with Gasteiger partial charge < -0.3 is 19.9 Å². The zero-order valence-electron chi connectivity index (χ0n) is 15.1. The summed E-state index contributed by atoms with van der Waals surface area (Å²) in [6.07, 6.45) is -0.651. The Balaban J connectivity index is 2.05. The molecule has 2 rings (SSSR count). The maximum atomic E-state index is 11.9. The van der Waals surface area contributed by atoms with Gasteiger partial charge in [0, 0.05) is 6.42 Å². The number of amides is 1. The van der Waals surface area contributed by atoms with Gasteiger partial charge in [-0.25, -0.2) is 9.59 Å². The summed E-state index contributed by atoms with van der Waals surface area (Å²) in [6, 6.07) is 15.3. The number of ether oxygens (including phenoxy) is 2. The van der Waals surface area contributed by atoms with Gasteiger partial charge in [-0.2, -0.15) is 0 Å². The number of carbonyl (C=O) groups is 2. The number of carboxylic acid groups (broad SMARTS) is 1. The lowest BCUT2D eigenvalue weighted by Gasteiger charge is -2.22. The van der Waals surface area contributed by atoms with Gasteiger partial charge in [-0.3, -0.25) is 0 Å². The lowest BCUT2D eigenvalue weighted by Crippen LogP contribution is -2.44. The quantitative estimate of drug-likeness (QED) is 0.816. The summed E-state index contributed by atoms with van der Waals surface area (Å²) in [5.74, 6) is 0.145. The summed E-state index contributed by atoms with van der Waals surface area (Å²) in [6.45, 7) is 5.15. The van der Waals surface area contributed by atoms with E-state index in [9.17, 15) is 14.7 Å². The van der Waals surface area contributed by atoms with E-state index in [1.807, 2.05) is 30.3 Å². The highest BCUT2D eigenvalue weighted by Crippen LogP contribution is 2.22. The molecule has 0 saturated carbocycles. The standard InChI is InChI=1S/C20H23NO5/c1-20(2,3)26-19(24)21-17(18(22)23)13-14-8-7-11-16(12-14)25-15-9-5-4-6-10-15/h4-12,17H,13H2,1-3H3,(H,21,24)(H,22,23). The van der Waals surface area contributed by atoms with Crippen LogP contribution in [-0.2, 0) is 16.0 Å². The van der Waals surface area contributed by atoms with E-state index in [1.165, 1.54) is 0 Å². The van der Waals surface area contributed by atoms with Crippen LogP contribution in [0.2, 0.25) is 0 Å². The second-order valence-corrected chi connectivity index (χ2v) is 6.80. The Morgan fingerprint density at radius 3 is 2.31 bits per heavy atom. The largest absolute Gasteiger partial charge is 0.480 e. The van der Waals surface area contributed by atoms with Crippen LogP contribution in [0, 0.1) is 0 Å². The molecule has 1 atom stereocenters. The third-order valence-electron chi connectivity index (χ3n) is 3.31. The van der Waals surface area contributed by atoms with Crippen LogP contribution in [0.5, 0.6) is 11.5 Å². The molecule has 2 N–H and O–H groups in total. The smallest absolute Gasteiger partial charge is 0.408 e. The first kappa shape index (κ1) is 19.3. The van der Waals surface area contributed by atoms with E-state index >= 15 is 0 Å². The molecule has 0 bridgehead atoms. The van der Waals surface area contributed by atoms with E-state index in [1.54, 1.807) is 45.0 Å². The molecular formula is C20H23NO5. The average Bonchev–Trinajstić information content (AvgIpc) is 2.53. The van der Waals surface area contributed by atoms with Crippen LogP contribution in [0.3, 0.4) is 0 Å². The molecule has 138 valence electrons. The molecule has 0 aliphatic rings. The SMILES string of the molecule is CC(C)(C)OC(=O)NC(Cc1cccc(Oc2ccccc2)c1)C(=O)O. The van der Waals surface area contributed by atoms with Crippen molar-refractivity contribution in [2.24, 2.45) is 0 Å². The first-order valence-corrected chi connectivity index (χ1v) is 8.27. The molecule has 26 heavy (non-hydrogen) atoms. The molecule has 6 heteroatoms. The zero-order valence-corrected chi connectivity index (χ0v) is 15.1. The molecule has 0 fully saturated rings. The van der Waals surface area contributed by atoms with E-state index in [2.05, 4.69) is 5.32 Å². The van der Waals surface area contributed by atoms with Crippen molar-refractivity contribution in [3.05, 3.63) is 60.2 Å². The number of rotatable bonds is 6. The Labute approximate surface area is 152 Å². The Kier molecular flexibility index (Phi) is 6.22. The molecule has 0 aromatic heterocycles. The molecule has 0 aliphatic carbocycles. The molecule has 0 heterocycles. The van der Waals surface area contributed by atoms with Crippen molar-refractivity contribution in [2.45, 2.75) is 38.8 Å². The van der Waals surface area contributed by atoms with E-state index in [4.69, 9.17) is 9.47 Å². The molecular weight excluding hydrogens is 334 g/mol. The highest BCUT2D eigenvalue weighted by Gasteiger charge is 2.24. The number of para-hydroxylation sites is 1. The summed E-state index contributed by atoms with van der Waals surface area (Å²) < 4.78 is 10.9. The number of carboxylic acids is 1. The number of carbonyl (C=O) groups excluding carboxylic acids is 1. The van der Waals surface area contributed by atoms with E-state index in [0.717, 1.165) is 5.56 Å².